The van der Waals surface area contributed by atoms with E-state index in [1.54, 1.807) is 20.1 Å². The quantitative estimate of drug-likeness (QED) is 0.423. The van der Waals surface area contributed by atoms with Crippen molar-refractivity contribution in [2.24, 2.45) is 0 Å². The summed E-state index contributed by atoms with van der Waals surface area (Å²) >= 11 is 3.55. The van der Waals surface area contributed by atoms with Crippen LogP contribution in [0.3, 0.4) is 0 Å². The number of alkyl halides is 3. The molecule has 0 aliphatic rings. The second-order valence-corrected chi connectivity index (χ2v) is 7.68. The highest BCUT2D eigenvalue weighted by atomic mass is 79.9. The first-order valence-corrected chi connectivity index (χ1v) is 10.1. The molecule has 1 aromatic heterocycles. The number of fused-ring (bicyclic) bond motifs is 1. The Morgan fingerprint density at radius 2 is 1.87 bits per heavy atom. The van der Waals surface area contributed by atoms with Gasteiger partial charge in [0, 0.05) is 30.1 Å². The molecule has 0 fully saturated rings. The second kappa shape index (κ2) is 9.18. The summed E-state index contributed by atoms with van der Waals surface area (Å²) in [5, 5.41) is 7.23. The maximum atomic E-state index is 13.2. The van der Waals surface area contributed by atoms with E-state index in [4.69, 9.17) is 4.74 Å². The van der Waals surface area contributed by atoms with Gasteiger partial charge in [0.2, 0.25) is 0 Å². The van der Waals surface area contributed by atoms with Gasteiger partial charge in [0.25, 0.3) is 0 Å². The minimum atomic E-state index is -4.38. The third-order valence-electron chi connectivity index (χ3n) is 4.72. The van der Waals surface area contributed by atoms with E-state index in [2.05, 4.69) is 36.5 Å². The van der Waals surface area contributed by atoms with Crippen molar-refractivity contribution in [1.82, 2.24) is 9.97 Å². The predicted octanol–water partition coefficient (Wildman–Crippen LogP) is 5.70. The number of aryl methyl sites for hydroxylation is 1. The summed E-state index contributed by atoms with van der Waals surface area (Å²) in [5.74, 6) is 1.13. The largest absolute Gasteiger partial charge is 0.416 e. The van der Waals surface area contributed by atoms with Gasteiger partial charge in [-0.25, -0.2) is 9.97 Å². The van der Waals surface area contributed by atoms with Crippen LogP contribution in [-0.2, 0) is 17.5 Å². The van der Waals surface area contributed by atoms with Gasteiger partial charge in [-0.1, -0.05) is 12.1 Å². The Kier molecular flexibility index (Phi) is 6.82. The first kappa shape index (κ1) is 22.3. The van der Waals surface area contributed by atoms with Crippen LogP contribution in [0.4, 0.5) is 24.7 Å². The van der Waals surface area contributed by atoms with Crippen LogP contribution in [0.1, 0.15) is 22.5 Å². The number of hydrogen-bond acceptors (Lipinski definition) is 5. The van der Waals surface area contributed by atoms with Gasteiger partial charge in [0.15, 0.2) is 0 Å². The van der Waals surface area contributed by atoms with Crippen LogP contribution in [0.5, 0.6) is 0 Å². The Morgan fingerprint density at radius 1 is 1.10 bits per heavy atom. The lowest BCUT2D eigenvalue weighted by atomic mass is 10.0. The van der Waals surface area contributed by atoms with Gasteiger partial charge in [-0.3, -0.25) is 0 Å². The molecule has 1 heterocycles. The molecule has 0 bridgehead atoms. The Labute approximate surface area is 181 Å². The molecule has 0 unspecified atom stereocenters. The SMILES string of the molecule is COCCNc1cc2nc(C)nc(NCc3cccc(C(F)(F)F)c3C)c2cc1Br. The Balaban J connectivity index is 1.91. The smallest absolute Gasteiger partial charge is 0.383 e. The number of nitrogens with one attached hydrogen (secondary N) is 2. The maximum Gasteiger partial charge on any atom is 0.416 e. The molecule has 3 rings (SSSR count). The average molecular weight is 483 g/mol. The van der Waals surface area contributed by atoms with E-state index in [9.17, 15) is 13.2 Å². The van der Waals surface area contributed by atoms with Crippen LogP contribution < -0.4 is 10.6 Å². The summed E-state index contributed by atoms with van der Waals surface area (Å²) in [6.45, 7) is 4.69. The standard InChI is InChI=1S/C21H22BrF3N4O/c1-12-14(5-4-6-16(12)21(23,24)25)11-27-20-15-9-17(22)19(26-7-8-30-3)10-18(15)28-13(2)29-20/h4-6,9-10,26H,7-8,11H2,1-3H3,(H,27,28,29). The maximum absolute atomic E-state index is 13.2. The van der Waals surface area contributed by atoms with Crippen LogP contribution in [0.15, 0.2) is 34.8 Å². The molecular weight excluding hydrogens is 461 g/mol. The minimum absolute atomic E-state index is 0.207. The molecule has 30 heavy (non-hydrogen) atoms. The lowest BCUT2D eigenvalue weighted by Crippen LogP contribution is -2.11. The normalized spacial score (nSPS) is 11.7. The first-order chi connectivity index (χ1) is 14.2. The van der Waals surface area contributed by atoms with Gasteiger partial charge >= 0.3 is 6.18 Å². The Hall–Kier alpha value is -2.39. The molecule has 0 aliphatic heterocycles. The average Bonchev–Trinajstić information content (AvgIpc) is 2.67. The minimum Gasteiger partial charge on any atom is -0.383 e. The summed E-state index contributed by atoms with van der Waals surface area (Å²) in [4.78, 5) is 8.95. The second-order valence-electron chi connectivity index (χ2n) is 6.83. The van der Waals surface area contributed by atoms with E-state index >= 15 is 0 Å². The zero-order valence-corrected chi connectivity index (χ0v) is 18.4. The van der Waals surface area contributed by atoms with Crippen LogP contribution in [0, 0.1) is 13.8 Å². The predicted molar refractivity (Wildman–Crippen MR) is 116 cm³/mol. The van der Waals surface area contributed by atoms with Crippen LogP contribution in [0.2, 0.25) is 0 Å². The fourth-order valence-electron chi connectivity index (χ4n) is 3.18. The molecule has 160 valence electrons. The number of benzene rings is 2. The summed E-state index contributed by atoms with van der Waals surface area (Å²) in [7, 11) is 1.64. The molecule has 0 atom stereocenters. The Bertz CT molecular complexity index is 1060. The van der Waals surface area contributed by atoms with E-state index in [-0.39, 0.29) is 12.1 Å². The summed E-state index contributed by atoms with van der Waals surface area (Å²) < 4.78 is 45.4. The van der Waals surface area contributed by atoms with Crippen molar-refractivity contribution < 1.29 is 17.9 Å². The molecule has 0 saturated heterocycles. The number of aromatic nitrogens is 2. The van der Waals surface area contributed by atoms with Gasteiger partial charge in [0.05, 0.1) is 23.4 Å². The molecule has 5 nitrogen and oxygen atoms in total. The Morgan fingerprint density at radius 3 is 2.57 bits per heavy atom. The van der Waals surface area contributed by atoms with Crippen LogP contribution in [0.25, 0.3) is 10.9 Å². The van der Waals surface area contributed by atoms with Crippen molar-refractivity contribution in [3.63, 3.8) is 0 Å². The van der Waals surface area contributed by atoms with Crippen molar-refractivity contribution in [2.45, 2.75) is 26.6 Å². The van der Waals surface area contributed by atoms with E-state index in [0.717, 1.165) is 27.1 Å². The van der Waals surface area contributed by atoms with E-state index < -0.39 is 11.7 Å². The molecule has 0 radical (unpaired) electrons. The van der Waals surface area contributed by atoms with Gasteiger partial charge in [-0.05, 0) is 59.1 Å². The van der Waals surface area contributed by atoms with Gasteiger partial charge in [0.1, 0.15) is 11.6 Å². The third-order valence-corrected chi connectivity index (χ3v) is 5.37. The van der Waals surface area contributed by atoms with Crippen molar-refractivity contribution in [2.75, 3.05) is 30.9 Å². The molecule has 2 aromatic carbocycles. The summed E-state index contributed by atoms with van der Waals surface area (Å²) in [6.07, 6.45) is -4.38. The fraction of sp³-hybridized carbons (Fsp3) is 0.333. The van der Waals surface area contributed by atoms with Gasteiger partial charge in [-0.15, -0.1) is 0 Å². The fourth-order valence-corrected chi connectivity index (χ4v) is 3.67. The van der Waals surface area contributed by atoms with Gasteiger partial charge < -0.3 is 15.4 Å². The lowest BCUT2D eigenvalue weighted by molar-refractivity contribution is -0.138. The van der Waals surface area contributed by atoms with E-state index in [0.29, 0.717) is 30.4 Å². The third kappa shape index (κ3) is 5.02. The van der Waals surface area contributed by atoms with Crippen molar-refractivity contribution in [1.29, 1.82) is 0 Å². The lowest BCUT2D eigenvalue weighted by Gasteiger charge is -2.16. The highest BCUT2D eigenvalue weighted by molar-refractivity contribution is 9.10. The molecule has 2 N–H and O–H groups in total. The van der Waals surface area contributed by atoms with E-state index in [1.807, 2.05) is 12.1 Å². The molecule has 0 amide bonds. The summed E-state index contributed by atoms with van der Waals surface area (Å²) in [6, 6.07) is 8.00. The van der Waals surface area contributed by atoms with Crippen LogP contribution >= 0.6 is 15.9 Å². The van der Waals surface area contributed by atoms with Crippen LogP contribution in [-0.4, -0.2) is 30.2 Å². The van der Waals surface area contributed by atoms with Gasteiger partial charge in [-0.2, -0.15) is 13.2 Å². The molecule has 0 aliphatic carbocycles. The topological polar surface area (TPSA) is 59.1 Å². The molecule has 0 saturated carbocycles. The highest BCUT2D eigenvalue weighted by Crippen LogP contribution is 2.34. The number of ether oxygens (including phenoxy) is 1. The molecule has 0 spiro atoms. The molecular formula is C21H22BrF3N4O. The number of hydrogen-bond donors (Lipinski definition) is 2. The number of anilines is 2. The highest BCUT2D eigenvalue weighted by Gasteiger charge is 2.32. The number of nitrogens with zero attached hydrogens (tertiary/aromatic N) is 2. The number of rotatable bonds is 7. The zero-order valence-electron chi connectivity index (χ0n) is 16.8. The van der Waals surface area contributed by atoms with E-state index in [1.165, 1.54) is 13.0 Å². The summed E-state index contributed by atoms with van der Waals surface area (Å²) in [5.41, 5.74) is 1.75. The monoisotopic (exact) mass is 482 g/mol. The molecule has 9 heteroatoms. The first-order valence-electron chi connectivity index (χ1n) is 9.31. The van der Waals surface area contributed by atoms with Crippen molar-refractivity contribution >= 4 is 38.3 Å². The molecule has 3 aromatic rings. The number of halogens is 4. The zero-order chi connectivity index (χ0) is 21.9. The van der Waals surface area contributed by atoms with Crippen molar-refractivity contribution in [3.05, 3.63) is 57.3 Å². The number of methoxy groups -OCH3 is 1. The van der Waals surface area contributed by atoms with Crippen molar-refractivity contribution in [3.8, 4) is 0 Å².